The van der Waals surface area contributed by atoms with E-state index in [2.05, 4.69) is 6.92 Å². The summed E-state index contributed by atoms with van der Waals surface area (Å²) in [5, 5.41) is 13.5. The van der Waals surface area contributed by atoms with Crippen LogP contribution in [0.3, 0.4) is 0 Å². The highest BCUT2D eigenvalue weighted by Gasteiger charge is 2.63. The van der Waals surface area contributed by atoms with Crippen LogP contribution in [0.2, 0.25) is 0 Å². The van der Waals surface area contributed by atoms with Crippen LogP contribution in [0.4, 0.5) is 0 Å². The molecule has 1 saturated heterocycles. The molecule has 1 fully saturated rings. The lowest BCUT2D eigenvalue weighted by molar-refractivity contribution is -0.362. The molecule has 0 aliphatic carbocycles. The zero-order valence-electron chi connectivity index (χ0n) is 34.8. The summed E-state index contributed by atoms with van der Waals surface area (Å²) < 4.78 is 31.6. The Morgan fingerprint density at radius 3 is 1.55 bits per heavy atom. The number of aliphatic hydroxyl groups is 1. The third-order valence-corrected chi connectivity index (χ3v) is 10.8. The standard InChI is InChI=1S/C51H47NO10/c1-5-35-26-28-36(29-27-35)31-41-32(2)30-33(3)52-45(41)51(57)46(61-50(56)40-24-16-9-17-25-40)44(60-49(55)39-22-14-8-15-23-39)43(59-48(54)38-20-12-7-13-21-38)42(62-51)34(4)58-47(53)37-18-10-6-11-19-37/h6-30,34,42-44,46,57H,5,31H2,1-4H3/t34-,42+,43+,44-,46+,51+/m0/s1. The molecule has 11 heteroatoms. The Bertz CT molecular complexity index is 2500. The number of aromatic nitrogens is 1. The van der Waals surface area contributed by atoms with Crippen molar-refractivity contribution in [2.45, 2.75) is 76.8 Å². The molecular formula is C51H47NO10. The van der Waals surface area contributed by atoms with Gasteiger partial charge in [0.2, 0.25) is 6.10 Å². The van der Waals surface area contributed by atoms with Crippen molar-refractivity contribution in [2.75, 3.05) is 0 Å². The summed E-state index contributed by atoms with van der Waals surface area (Å²) in [7, 11) is 0. The Kier molecular flexibility index (Phi) is 13.4. The van der Waals surface area contributed by atoms with Gasteiger partial charge < -0.3 is 28.8 Å². The number of aryl methyl sites for hydroxylation is 3. The molecule has 1 aliphatic rings. The van der Waals surface area contributed by atoms with Crippen LogP contribution in [0.15, 0.2) is 152 Å². The van der Waals surface area contributed by atoms with Crippen molar-refractivity contribution in [2.24, 2.45) is 0 Å². The number of esters is 4. The average Bonchev–Trinajstić information content (AvgIpc) is 3.30. The van der Waals surface area contributed by atoms with E-state index in [4.69, 9.17) is 28.7 Å². The minimum atomic E-state index is -2.74. The van der Waals surface area contributed by atoms with Crippen LogP contribution in [-0.2, 0) is 42.3 Å². The molecule has 1 aromatic heterocycles. The van der Waals surface area contributed by atoms with Gasteiger partial charge in [0.15, 0.2) is 12.2 Å². The highest BCUT2D eigenvalue weighted by Crippen LogP contribution is 2.44. The smallest absolute Gasteiger partial charge is 0.338 e. The second-order valence-electron chi connectivity index (χ2n) is 15.2. The largest absolute Gasteiger partial charge is 0.456 e. The molecule has 62 heavy (non-hydrogen) atoms. The van der Waals surface area contributed by atoms with Crippen molar-refractivity contribution < 1.29 is 48.0 Å². The van der Waals surface area contributed by atoms with Crippen molar-refractivity contribution in [1.29, 1.82) is 0 Å². The molecule has 0 radical (unpaired) electrons. The third kappa shape index (κ3) is 9.65. The van der Waals surface area contributed by atoms with Gasteiger partial charge in [-0.25, -0.2) is 19.2 Å². The molecule has 2 heterocycles. The first-order chi connectivity index (χ1) is 29.9. The predicted molar refractivity (Wildman–Crippen MR) is 229 cm³/mol. The Labute approximate surface area is 360 Å². The van der Waals surface area contributed by atoms with Crippen molar-refractivity contribution >= 4 is 23.9 Å². The third-order valence-electron chi connectivity index (χ3n) is 10.8. The van der Waals surface area contributed by atoms with Gasteiger partial charge >= 0.3 is 23.9 Å². The summed E-state index contributed by atoms with van der Waals surface area (Å²) in [4.78, 5) is 61.1. The zero-order chi connectivity index (χ0) is 43.8. The number of nitrogens with zero attached hydrogens (tertiary/aromatic N) is 1. The number of benzene rings is 5. The minimum absolute atomic E-state index is 0.0411. The second-order valence-corrected chi connectivity index (χ2v) is 15.2. The molecule has 5 aromatic carbocycles. The van der Waals surface area contributed by atoms with E-state index in [0.29, 0.717) is 11.3 Å². The summed E-state index contributed by atoms with van der Waals surface area (Å²) in [6.45, 7) is 7.18. The Morgan fingerprint density at radius 2 is 1.06 bits per heavy atom. The number of hydrogen-bond donors (Lipinski definition) is 1. The van der Waals surface area contributed by atoms with Crippen LogP contribution in [-0.4, -0.2) is 64.5 Å². The quantitative estimate of drug-likeness (QED) is 0.0885. The van der Waals surface area contributed by atoms with E-state index in [0.717, 1.165) is 23.1 Å². The average molecular weight is 834 g/mol. The van der Waals surface area contributed by atoms with Crippen LogP contribution < -0.4 is 0 Å². The molecule has 0 bridgehead atoms. The number of pyridine rings is 1. The summed E-state index contributed by atoms with van der Waals surface area (Å²) in [5.74, 6) is -6.14. The van der Waals surface area contributed by atoms with Gasteiger partial charge in [-0.05, 0) is 110 Å². The monoisotopic (exact) mass is 833 g/mol. The van der Waals surface area contributed by atoms with Crippen molar-refractivity contribution in [3.63, 3.8) is 0 Å². The first-order valence-corrected chi connectivity index (χ1v) is 20.4. The van der Waals surface area contributed by atoms with Crippen molar-refractivity contribution in [3.05, 3.63) is 208 Å². The van der Waals surface area contributed by atoms with Gasteiger partial charge in [-0.15, -0.1) is 0 Å². The molecule has 1 aliphatic heterocycles. The maximum atomic E-state index is 14.2. The summed E-state index contributed by atoms with van der Waals surface area (Å²) in [5.41, 5.74) is 4.31. The molecule has 0 amide bonds. The Balaban J connectivity index is 1.44. The van der Waals surface area contributed by atoms with E-state index in [1.807, 2.05) is 37.3 Å². The molecule has 316 valence electrons. The molecule has 6 atom stereocenters. The Morgan fingerprint density at radius 1 is 0.629 bits per heavy atom. The first kappa shape index (κ1) is 43.1. The topological polar surface area (TPSA) is 148 Å². The van der Waals surface area contributed by atoms with E-state index in [1.165, 1.54) is 43.3 Å². The van der Waals surface area contributed by atoms with Crippen LogP contribution in [0.1, 0.15) is 88.9 Å². The van der Waals surface area contributed by atoms with Gasteiger partial charge in [-0.1, -0.05) is 104 Å². The first-order valence-electron chi connectivity index (χ1n) is 20.4. The number of rotatable bonds is 13. The van der Waals surface area contributed by atoms with E-state index in [9.17, 15) is 24.3 Å². The summed E-state index contributed by atoms with van der Waals surface area (Å²) in [6.07, 6.45) is -7.19. The molecule has 11 nitrogen and oxygen atoms in total. The highest BCUT2D eigenvalue weighted by atomic mass is 16.7. The molecule has 0 unspecified atom stereocenters. The predicted octanol–water partition coefficient (Wildman–Crippen LogP) is 8.32. The van der Waals surface area contributed by atoms with E-state index in [1.54, 1.807) is 91.9 Å². The molecule has 7 rings (SSSR count). The van der Waals surface area contributed by atoms with E-state index >= 15 is 0 Å². The number of hydrogen-bond acceptors (Lipinski definition) is 11. The zero-order valence-corrected chi connectivity index (χ0v) is 34.8. The molecule has 0 saturated carbocycles. The number of carbonyl (C=O) groups is 4. The SMILES string of the molecule is CCc1ccc(Cc2c(C)cc(C)nc2[C@@]2(O)O[C@H]([C@H](C)OC(=O)c3ccccc3)[C@@H](OC(=O)c3ccccc3)[C@H](OC(=O)c3ccccc3)[C@H]2OC(=O)c2ccccc2)cc1. The fourth-order valence-electron chi connectivity index (χ4n) is 7.53. The van der Waals surface area contributed by atoms with Crippen LogP contribution in [0.5, 0.6) is 0 Å². The van der Waals surface area contributed by atoms with Gasteiger partial charge in [0.1, 0.15) is 17.9 Å². The van der Waals surface area contributed by atoms with Crippen LogP contribution in [0.25, 0.3) is 0 Å². The van der Waals surface area contributed by atoms with Crippen molar-refractivity contribution in [3.8, 4) is 0 Å². The van der Waals surface area contributed by atoms with Crippen molar-refractivity contribution in [1.82, 2.24) is 4.98 Å². The van der Waals surface area contributed by atoms with Gasteiger partial charge in [0.05, 0.1) is 22.3 Å². The molecular weight excluding hydrogens is 787 g/mol. The highest BCUT2D eigenvalue weighted by molar-refractivity contribution is 5.91. The minimum Gasteiger partial charge on any atom is -0.456 e. The second kappa shape index (κ2) is 19.2. The normalized spacial score (nSPS) is 20.0. The molecule has 1 N–H and O–H groups in total. The maximum Gasteiger partial charge on any atom is 0.338 e. The van der Waals surface area contributed by atoms with Crippen LogP contribution >= 0.6 is 0 Å². The van der Waals surface area contributed by atoms with Crippen LogP contribution in [0, 0.1) is 13.8 Å². The Hall–Kier alpha value is -6.95. The van der Waals surface area contributed by atoms with E-state index in [-0.39, 0.29) is 34.4 Å². The van der Waals surface area contributed by atoms with Gasteiger partial charge in [0, 0.05) is 5.69 Å². The number of ether oxygens (including phenoxy) is 5. The van der Waals surface area contributed by atoms with E-state index < -0.39 is 60.2 Å². The molecule has 0 spiro atoms. The van der Waals surface area contributed by atoms with Gasteiger partial charge in [-0.2, -0.15) is 0 Å². The fourth-order valence-corrected chi connectivity index (χ4v) is 7.53. The summed E-state index contributed by atoms with van der Waals surface area (Å²) in [6, 6.07) is 42.3. The van der Waals surface area contributed by atoms with Gasteiger partial charge in [-0.3, -0.25) is 4.98 Å². The number of carbonyl (C=O) groups excluding carboxylic acids is 4. The lowest BCUT2D eigenvalue weighted by Gasteiger charge is -2.50. The lowest BCUT2D eigenvalue weighted by Crippen LogP contribution is -2.68. The van der Waals surface area contributed by atoms with Gasteiger partial charge in [0.25, 0.3) is 5.79 Å². The summed E-state index contributed by atoms with van der Waals surface area (Å²) >= 11 is 0. The maximum absolute atomic E-state index is 14.2. The lowest BCUT2D eigenvalue weighted by atomic mass is 9.84. The molecule has 6 aromatic rings. The fraction of sp³-hybridized carbons (Fsp3) is 0.235.